The lowest BCUT2D eigenvalue weighted by Gasteiger charge is -2.52. The molecule has 0 spiro atoms. The summed E-state index contributed by atoms with van der Waals surface area (Å²) in [5, 5.41) is 10.7. The van der Waals surface area contributed by atoms with E-state index >= 15 is 0 Å². The first-order valence-corrected chi connectivity index (χ1v) is 10.1. The van der Waals surface area contributed by atoms with Gasteiger partial charge in [-0.25, -0.2) is 0 Å². The van der Waals surface area contributed by atoms with Crippen LogP contribution >= 0.6 is 0 Å². The van der Waals surface area contributed by atoms with Gasteiger partial charge >= 0.3 is 0 Å². The third-order valence-electron chi connectivity index (χ3n) is 6.03. The summed E-state index contributed by atoms with van der Waals surface area (Å²) in [4.78, 5) is 26.8. The lowest BCUT2D eigenvalue weighted by Crippen LogP contribution is -2.71. The van der Waals surface area contributed by atoms with Crippen LogP contribution in [-0.4, -0.2) is 49.4 Å². The van der Waals surface area contributed by atoms with Crippen LogP contribution in [0.5, 0.6) is 11.5 Å². The Kier molecular flexibility index (Phi) is 5.62. The molecule has 1 saturated carbocycles. The fourth-order valence-corrected chi connectivity index (χ4v) is 4.32. The van der Waals surface area contributed by atoms with Crippen LogP contribution < -0.4 is 9.47 Å². The average Bonchev–Trinajstić information content (AvgIpc) is 2.82. The summed E-state index contributed by atoms with van der Waals surface area (Å²) in [6.07, 6.45) is 2.74. The Morgan fingerprint density at radius 3 is 2.44 bits per heavy atom. The number of fused-ring (bicyclic) bond motifs is 2. The van der Waals surface area contributed by atoms with Crippen LogP contribution in [0, 0.1) is 0 Å². The predicted octanol–water partition coefficient (Wildman–Crippen LogP) is 3.43. The number of Topliss-reactive ketones (excluding diaryl/α,β-unsaturated/α-hetero) is 2. The summed E-state index contributed by atoms with van der Waals surface area (Å²) in [7, 11) is 4.27. The van der Waals surface area contributed by atoms with E-state index in [4.69, 9.17) is 18.9 Å². The van der Waals surface area contributed by atoms with E-state index in [1.54, 1.807) is 31.4 Å². The van der Waals surface area contributed by atoms with E-state index in [-0.39, 0.29) is 18.4 Å². The highest BCUT2D eigenvalue weighted by Gasteiger charge is 2.68. The molecule has 0 radical (unpaired) electrons. The van der Waals surface area contributed by atoms with E-state index in [2.05, 4.69) is 0 Å². The van der Waals surface area contributed by atoms with Gasteiger partial charge in [-0.1, -0.05) is 36.4 Å². The minimum Gasteiger partial charge on any atom is -0.507 e. The maximum Gasteiger partial charge on any atom is 0.254 e. The Morgan fingerprint density at radius 1 is 1.03 bits per heavy atom. The Balaban J connectivity index is 1.81. The molecule has 1 N–H and O–H groups in total. The molecule has 0 unspecified atom stereocenters. The van der Waals surface area contributed by atoms with Crippen molar-refractivity contribution in [3.05, 3.63) is 77.1 Å². The summed E-state index contributed by atoms with van der Waals surface area (Å²) in [6, 6.07) is 14.4. The van der Waals surface area contributed by atoms with E-state index in [0.717, 1.165) is 5.56 Å². The van der Waals surface area contributed by atoms with Crippen LogP contribution in [0.3, 0.4) is 0 Å². The van der Waals surface area contributed by atoms with Crippen LogP contribution in [-0.2, 0) is 25.5 Å². The fraction of sp³-hybridized carbons (Fsp3) is 0.280. The second-order valence-corrected chi connectivity index (χ2v) is 7.67. The lowest BCUT2D eigenvalue weighted by molar-refractivity contribution is -0.278. The van der Waals surface area contributed by atoms with Gasteiger partial charge in [0, 0.05) is 26.2 Å². The average molecular weight is 436 g/mol. The maximum atomic E-state index is 13.7. The largest absolute Gasteiger partial charge is 0.507 e. The lowest BCUT2D eigenvalue weighted by atomic mass is 9.69. The third kappa shape index (κ3) is 3.30. The van der Waals surface area contributed by atoms with E-state index in [9.17, 15) is 14.7 Å². The van der Waals surface area contributed by atoms with Crippen molar-refractivity contribution in [1.82, 2.24) is 0 Å². The number of carbonyl (C=O) groups excluding carboxylic acids is 2. The van der Waals surface area contributed by atoms with Gasteiger partial charge in [0.25, 0.3) is 5.79 Å². The molecule has 7 heteroatoms. The van der Waals surface area contributed by atoms with Crippen LogP contribution in [0.1, 0.15) is 17.5 Å². The normalized spacial score (nSPS) is 26.3. The first kappa shape index (κ1) is 21.8. The topological polar surface area (TPSA) is 91.3 Å². The number of hydrogen-bond donors (Lipinski definition) is 1. The van der Waals surface area contributed by atoms with Gasteiger partial charge < -0.3 is 24.1 Å². The van der Waals surface area contributed by atoms with Crippen molar-refractivity contribution < 1.29 is 33.6 Å². The Hall–Kier alpha value is -3.42. The van der Waals surface area contributed by atoms with Gasteiger partial charge in [0.2, 0.25) is 11.4 Å². The SMILES string of the molecule is COc1ccc2c(c1)C[C@@]1(OC)C(=O)C(=C(O)C=Cc3ccccc3)C(=O)C[C@]1(OC)O2. The zero-order valence-electron chi connectivity index (χ0n) is 18.1. The third-order valence-corrected chi connectivity index (χ3v) is 6.03. The first-order chi connectivity index (χ1) is 15.4. The van der Waals surface area contributed by atoms with Crippen molar-refractivity contribution >= 4 is 17.6 Å². The van der Waals surface area contributed by atoms with E-state index < -0.39 is 28.7 Å². The Morgan fingerprint density at radius 2 is 1.78 bits per heavy atom. The number of aliphatic hydroxyl groups is 1. The van der Waals surface area contributed by atoms with Gasteiger partial charge in [-0.15, -0.1) is 0 Å². The molecule has 2 atom stereocenters. The molecule has 1 heterocycles. The highest BCUT2D eigenvalue weighted by molar-refractivity contribution is 6.26. The highest BCUT2D eigenvalue weighted by Crippen LogP contribution is 2.49. The van der Waals surface area contributed by atoms with E-state index in [0.29, 0.717) is 17.1 Å². The second kappa shape index (κ2) is 8.26. The summed E-state index contributed by atoms with van der Waals surface area (Å²) in [5.74, 6) is -2.31. The molecule has 0 saturated heterocycles. The van der Waals surface area contributed by atoms with Crippen molar-refractivity contribution in [3.63, 3.8) is 0 Å². The number of ketones is 2. The highest BCUT2D eigenvalue weighted by atomic mass is 16.7. The molecular weight excluding hydrogens is 412 g/mol. The predicted molar refractivity (Wildman–Crippen MR) is 117 cm³/mol. The molecule has 2 aliphatic rings. The fourth-order valence-electron chi connectivity index (χ4n) is 4.32. The van der Waals surface area contributed by atoms with Crippen LogP contribution in [0.4, 0.5) is 0 Å². The molecule has 1 aliphatic heterocycles. The molecule has 0 amide bonds. The van der Waals surface area contributed by atoms with E-state index in [1.807, 2.05) is 30.3 Å². The minimum atomic E-state index is -1.67. The molecule has 2 aromatic carbocycles. The number of aliphatic hydroxyl groups excluding tert-OH is 1. The maximum absolute atomic E-state index is 13.7. The van der Waals surface area contributed by atoms with Crippen LogP contribution in [0.15, 0.2) is 65.9 Å². The second-order valence-electron chi connectivity index (χ2n) is 7.67. The van der Waals surface area contributed by atoms with Gasteiger partial charge in [-0.2, -0.15) is 0 Å². The molecule has 0 aromatic heterocycles. The summed E-state index contributed by atoms with van der Waals surface area (Å²) in [5.41, 5.74) is -0.522. The van der Waals surface area contributed by atoms with Crippen LogP contribution in [0.2, 0.25) is 0 Å². The van der Waals surface area contributed by atoms with Crippen molar-refractivity contribution in [1.29, 1.82) is 0 Å². The minimum absolute atomic E-state index is 0.0785. The molecule has 4 rings (SSSR count). The van der Waals surface area contributed by atoms with Gasteiger partial charge in [0.05, 0.1) is 13.5 Å². The number of carbonyl (C=O) groups is 2. The molecular formula is C25H24O7. The molecule has 7 nitrogen and oxygen atoms in total. The van der Waals surface area contributed by atoms with Crippen molar-refractivity contribution in [2.75, 3.05) is 21.3 Å². The quantitative estimate of drug-likeness (QED) is 0.436. The molecule has 2 aromatic rings. The van der Waals surface area contributed by atoms with Gasteiger partial charge in [-0.05, 0) is 29.8 Å². The molecule has 1 fully saturated rings. The number of methoxy groups -OCH3 is 3. The number of hydrogen-bond acceptors (Lipinski definition) is 7. The smallest absolute Gasteiger partial charge is 0.254 e. The van der Waals surface area contributed by atoms with Gasteiger partial charge in [-0.3, -0.25) is 9.59 Å². The number of allylic oxidation sites excluding steroid dienone is 1. The summed E-state index contributed by atoms with van der Waals surface area (Å²) in [6.45, 7) is 0. The zero-order chi connectivity index (χ0) is 22.9. The van der Waals surface area contributed by atoms with Crippen molar-refractivity contribution in [3.8, 4) is 11.5 Å². The number of rotatable bonds is 5. The first-order valence-electron chi connectivity index (χ1n) is 10.1. The van der Waals surface area contributed by atoms with Crippen molar-refractivity contribution in [2.24, 2.45) is 0 Å². The van der Waals surface area contributed by atoms with Crippen molar-refractivity contribution in [2.45, 2.75) is 24.2 Å². The summed E-state index contributed by atoms with van der Waals surface area (Å²) >= 11 is 0. The summed E-state index contributed by atoms with van der Waals surface area (Å²) < 4.78 is 22.8. The monoisotopic (exact) mass is 436 g/mol. The van der Waals surface area contributed by atoms with Crippen LogP contribution in [0.25, 0.3) is 6.08 Å². The Labute approximate surface area is 185 Å². The molecule has 32 heavy (non-hydrogen) atoms. The molecule has 0 bridgehead atoms. The standard InChI is InChI=1S/C25H24O7/c1-29-18-10-12-21-17(13-18)14-24(30-2)23(28)22(20(27)15-25(24,31-3)32-21)19(26)11-9-16-7-5-4-6-8-16/h4-13,26H,14-15H2,1-3H3/t24-,25+/m1/s1. The van der Waals surface area contributed by atoms with Gasteiger partial charge in [0.1, 0.15) is 22.8 Å². The Bertz CT molecular complexity index is 1120. The molecule has 1 aliphatic carbocycles. The number of benzene rings is 2. The van der Waals surface area contributed by atoms with Gasteiger partial charge in [0.15, 0.2) is 5.78 Å². The van der Waals surface area contributed by atoms with E-state index in [1.165, 1.54) is 20.3 Å². The number of ether oxygens (including phenoxy) is 4. The molecule has 166 valence electrons. The zero-order valence-corrected chi connectivity index (χ0v) is 18.1.